The van der Waals surface area contributed by atoms with Gasteiger partial charge in [0.15, 0.2) is 11.5 Å². The van der Waals surface area contributed by atoms with Gasteiger partial charge in [-0.3, -0.25) is 9.59 Å². The number of benzene rings is 2. The Hall–Kier alpha value is -3.22. The van der Waals surface area contributed by atoms with Crippen LogP contribution in [-0.4, -0.2) is 47.7 Å². The molecule has 0 aliphatic carbocycles. The van der Waals surface area contributed by atoms with Crippen molar-refractivity contribution in [3.05, 3.63) is 53.6 Å². The molecule has 1 saturated heterocycles. The monoisotopic (exact) mass is 368 g/mol. The topological polar surface area (TPSA) is 88.1 Å². The van der Waals surface area contributed by atoms with Crippen molar-refractivity contribution in [2.45, 2.75) is 18.9 Å². The van der Waals surface area contributed by atoms with Crippen LogP contribution in [0, 0.1) is 0 Å². The van der Waals surface area contributed by atoms with Crippen molar-refractivity contribution in [3.63, 3.8) is 0 Å². The smallest absolute Gasteiger partial charge is 0.257 e. The Morgan fingerprint density at radius 2 is 1.78 bits per heavy atom. The van der Waals surface area contributed by atoms with Crippen molar-refractivity contribution in [2.75, 3.05) is 19.9 Å². The van der Waals surface area contributed by atoms with E-state index in [0.717, 1.165) is 0 Å². The summed E-state index contributed by atoms with van der Waals surface area (Å²) < 4.78 is 10.6. The van der Waals surface area contributed by atoms with Gasteiger partial charge in [-0.15, -0.1) is 0 Å². The number of phenolic OH excluding ortho intramolecular Hbond substituents is 1. The molecule has 2 aliphatic heterocycles. The molecule has 2 aromatic rings. The second-order valence-corrected chi connectivity index (χ2v) is 6.63. The van der Waals surface area contributed by atoms with E-state index in [1.165, 1.54) is 6.07 Å². The van der Waals surface area contributed by atoms with Crippen LogP contribution < -0.4 is 14.8 Å². The van der Waals surface area contributed by atoms with Gasteiger partial charge >= 0.3 is 0 Å². The number of ether oxygens (including phenoxy) is 2. The number of hydrogen-bond donors (Lipinski definition) is 2. The van der Waals surface area contributed by atoms with E-state index >= 15 is 0 Å². The predicted molar refractivity (Wildman–Crippen MR) is 97.1 cm³/mol. The van der Waals surface area contributed by atoms with E-state index in [1.807, 2.05) is 0 Å². The molecule has 0 unspecified atom stereocenters. The van der Waals surface area contributed by atoms with Crippen LogP contribution in [0.1, 0.15) is 33.6 Å². The highest BCUT2D eigenvalue weighted by molar-refractivity contribution is 5.97. The van der Waals surface area contributed by atoms with Crippen LogP contribution in [-0.2, 0) is 0 Å². The lowest BCUT2D eigenvalue weighted by Crippen LogP contribution is -2.46. The first-order valence-corrected chi connectivity index (χ1v) is 8.89. The molecule has 27 heavy (non-hydrogen) atoms. The first-order valence-electron chi connectivity index (χ1n) is 8.89. The van der Waals surface area contributed by atoms with Crippen molar-refractivity contribution >= 4 is 11.8 Å². The van der Waals surface area contributed by atoms with Crippen molar-refractivity contribution in [1.82, 2.24) is 10.2 Å². The lowest BCUT2D eigenvalue weighted by molar-refractivity contribution is 0.0695. The number of carbonyl (C=O) groups excluding carboxylic acids is 2. The molecule has 2 heterocycles. The molecule has 0 spiro atoms. The van der Waals surface area contributed by atoms with Gasteiger partial charge < -0.3 is 24.8 Å². The maximum absolute atomic E-state index is 12.5. The summed E-state index contributed by atoms with van der Waals surface area (Å²) in [5, 5.41) is 12.9. The van der Waals surface area contributed by atoms with E-state index in [4.69, 9.17) is 9.47 Å². The third kappa shape index (κ3) is 3.53. The number of fused-ring (bicyclic) bond motifs is 1. The fraction of sp³-hybridized carbons (Fsp3) is 0.300. The Labute approximate surface area is 156 Å². The molecule has 1 fully saturated rings. The first kappa shape index (κ1) is 17.2. The number of amides is 2. The molecule has 0 aromatic heterocycles. The molecule has 2 amide bonds. The highest BCUT2D eigenvalue weighted by atomic mass is 16.7. The third-order valence-corrected chi connectivity index (χ3v) is 4.89. The largest absolute Gasteiger partial charge is 0.507 e. The number of carbonyl (C=O) groups is 2. The molecule has 7 nitrogen and oxygen atoms in total. The quantitative estimate of drug-likeness (QED) is 0.867. The van der Waals surface area contributed by atoms with Gasteiger partial charge in [-0.1, -0.05) is 12.1 Å². The van der Waals surface area contributed by atoms with Crippen LogP contribution >= 0.6 is 0 Å². The van der Waals surface area contributed by atoms with E-state index in [0.29, 0.717) is 48.6 Å². The minimum absolute atomic E-state index is 0.00339. The number of likely N-dealkylation sites (tertiary alicyclic amines) is 1. The fourth-order valence-corrected chi connectivity index (χ4v) is 3.36. The Morgan fingerprint density at radius 3 is 2.56 bits per heavy atom. The van der Waals surface area contributed by atoms with Gasteiger partial charge in [0, 0.05) is 24.7 Å². The van der Waals surface area contributed by atoms with E-state index < -0.39 is 0 Å². The average molecular weight is 368 g/mol. The molecule has 0 saturated carbocycles. The molecule has 0 radical (unpaired) electrons. The molecular formula is C20H20N2O5. The number of para-hydroxylation sites is 1. The number of nitrogens with zero attached hydrogens (tertiary/aromatic N) is 1. The first-order chi connectivity index (χ1) is 13.1. The van der Waals surface area contributed by atoms with E-state index in [2.05, 4.69) is 5.32 Å². The van der Waals surface area contributed by atoms with Crippen LogP contribution in [0.15, 0.2) is 42.5 Å². The summed E-state index contributed by atoms with van der Waals surface area (Å²) in [4.78, 5) is 26.7. The van der Waals surface area contributed by atoms with E-state index in [9.17, 15) is 14.7 Å². The zero-order chi connectivity index (χ0) is 18.8. The predicted octanol–water partition coefficient (Wildman–Crippen LogP) is 2.16. The zero-order valence-electron chi connectivity index (χ0n) is 14.7. The summed E-state index contributed by atoms with van der Waals surface area (Å²) in [6.45, 7) is 1.22. The molecule has 140 valence electrons. The van der Waals surface area contributed by atoms with Gasteiger partial charge in [-0.25, -0.2) is 0 Å². The van der Waals surface area contributed by atoms with Crippen LogP contribution in [0.5, 0.6) is 17.2 Å². The number of phenols is 1. The average Bonchev–Trinajstić information content (AvgIpc) is 3.16. The summed E-state index contributed by atoms with van der Waals surface area (Å²) >= 11 is 0. The highest BCUT2D eigenvalue weighted by Crippen LogP contribution is 2.32. The summed E-state index contributed by atoms with van der Waals surface area (Å²) in [7, 11) is 0. The van der Waals surface area contributed by atoms with Gasteiger partial charge in [0.2, 0.25) is 6.79 Å². The molecular weight excluding hydrogens is 348 g/mol. The van der Waals surface area contributed by atoms with E-state index in [-0.39, 0.29) is 30.4 Å². The summed E-state index contributed by atoms with van der Waals surface area (Å²) in [5.74, 6) is 0.849. The Morgan fingerprint density at radius 1 is 1.04 bits per heavy atom. The molecule has 0 atom stereocenters. The minimum atomic E-state index is -0.186. The van der Waals surface area contributed by atoms with Gasteiger partial charge in [0.25, 0.3) is 11.8 Å². The van der Waals surface area contributed by atoms with Crippen molar-refractivity contribution in [1.29, 1.82) is 0 Å². The van der Waals surface area contributed by atoms with Gasteiger partial charge in [0.05, 0.1) is 5.56 Å². The Balaban J connectivity index is 1.33. The maximum atomic E-state index is 12.5. The second-order valence-electron chi connectivity index (χ2n) is 6.63. The minimum Gasteiger partial charge on any atom is -0.507 e. The zero-order valence-corrected chi connectivity index (χ0v) is 14.7. The second kappa shape index (κ2) is 7.19. The lowest BCUT2D eigenvalue weighted by atomic mass is 10.0. The standard InChI is InChI=1S/C20H20N2O5/c23-16-4-2-1-3-15(16)20(25)22-9-7-14(8-10-22)21-19(24)13-5-6-17-18(11-13)27-12-26-17/h1-6,11,14,23H,7-10,12H2,(H,21,24). The molecule has 2 N–H and O–H groups in total. The maximum Gasteiger partial charge on any atom is 0.257 e. The Bertz CT molecular complexity index is 874. The van der Waals surface area contributed by atoms with Crippen LogP contribution in [0.2, 0.25) is 0 Å². The summed E-state index contributed by atoms with van der Waals surface area (Å²) in [6.07, 6.45) is 1.32. The van der Waals surface area contributed by atoms with Gasteiger partial charge in [0.1, 0.15) is 5.75 Å². The lowest BCUT2D eigenvalue weighted by Gasteiger charge is -2.32. The number of nitrogens with one attached hydrogen (secondary N) is 1. The fourth-order valence-electron chi connectivity index (χ4n) is 3.36. The third-order valence-electron chi connectivity index (χ3n) is 4.89. The molecule has 4 rings (SSSR count). The molecule has 7 heteroatoms. The number of aromatic hydroxyl groups is 1. The Kier molecular flexibility index (Phi) is 4.58. The van der Waals surface area contributed by atoms with Crippen LogP contribution in [0.4, 0.5) is 0 Å². The SMILES string of the molecule is O=C(NC1CCN(C(=O)c2ccccc2O)CC1)c1ccc2c(c1)OCO2. The van der Waals surface area contributed by atoms with Gasteiger partial charge in [-0.2, -0.15) is 0 Å². The van der Waals surface area contributed by atoms with Crippen molar-refractivity contribution in [3.8, 4) is 17.2 Å². The molecule has 0 bridgehead atoms. The normalized spacial score (nSPS) is 16.2. The van der Waals surface area contributed by atoms with Crippen molar-refractivity contribution in [2.24, 2.45) is 0 Å². The van der Waals surface area contributed by atoms with Gasteiger partial charge in [-0.05, 0) is 43.2 Å². The van der Waals surface area contributed by atoms with Crippen LogP contribution in [0.25, 0.3) is 0 Å². The molecule has 2 aliphatic rings. The number of rotatable bonds is 3. The number of piperidine rings is 1. The summed E-state index contributed by atoms with van der Waals surface area (Å²) in [5.41, 5.74) is 0.826. The summed E-state index contributed by atoms with van der Waals surface area (Å²) in [6, 6.07) is 11.6. The van der Waals surface area contributed by atoms with E-state index in [1.54, 1.807) is 41.3 Å². The van der Waals surface area contributed by atoms with Crippen LogP contribution in [0.3, 0.4) is 0 Å². The number of hydrogen-bond acceptors (Lipinski definition) is 5. The van der Waals surface area contributed by atoms with Crippen molar-refractivity contribution < 1.29 is 24.2 Å². The highest BCUT2D eigenvalue weighted by Gasteiger charge is 2.26. The molecule has 2 aromatic carbocycles.